The van der Waals surface area contributed by atoms with E-state index in [2.05, 4.69) is 6.07 Å². The largest absolute Gasteiger partial charge is 0.486 e. The second kappa shape index (κ2) is 5.88. The molecule has 0 amide bonds. The Balaban J connectivity index is 1.76. The molecule has 122 valence electrons. The van der Waals surface area contributed by atoms with Crippen LogP contribution in [0.25, 0.3) is 0 Å². The van der Waals surface area contributed by atoms with E-state index in [0.29, 0.717) is 36.3 Å². The van der Waals surface area contributed by atoms with E-state index in [1.54, 1.807) is 10.6 Å². The van der Waals surface area contributed by atoms with Crippen LogP contribution in [-0.4, -0.2) is 17.8 Å². The molecular weight excluding hydrogens is 328 g/mol. The quantitative estimate of drug-likeness (QED) is 0.841. The topological polar surface area (TPSA) is 64.2 Å². The summed E-state index contributed by atoms with van der Waals surface area (Å²) in [5, 5.41) is 9.82. The van der Waals surface area contributed by atoms with E-state index in [-0.39, 0.29) is 11.1 Å². The average Bonchev–Trinajstić information content (AvgIpc) is 3.04. The lowest BCUT2D eigenvalue weighted by atomic mass is 10.1. The molecule has 24 heavy (non-hydrogen) atoms. The second-order valence-corrected chi connectivity index (χ2v) is 6.42. The van der Waals surface area contributed by atoms with Crippen LogP contribution in [0.2, 0.25) is 5.02 Å². The number of halogens is 1. The van der Waals surface area contributed by atoms with Gasteiger partial charge in [-0.3, -0.25) is 4.79 Å². The first-order valence-electron chi connectivity index (χ1n) is 7.90. The Labute approximate surface area is 144 Å². The Hall–Kier alpha value is -2.45. The lowest BCUT2D eigenvalue weighted by Crippen LogP contribution is -2.25. The van der Waals surface area contributed by atoms with Gasteiger partial charge in [0.25, 0.3) is 5.56 Å². The summed E-state index contributed by atoms with van der Waals surface area (Å²) < 4.78 is 12.7. The minimum absolute atomic E-state index is 0.246. The van der Waals surface area contributed by atoms with Crippen molar-refractivity contribution in [2.75, 3.05) is 13.2 Å². The van der Waals surface area contributed by atoms with Crippen molar-refractivity contribution in [3.05, 3.63) is 56.0 Å². The highest BCUT2D eigenvalue weighted by atomic mass is 35.5. The lowest BCUT2D eigenvalue weighted by molar-refractivity contribution is 0.171. The number of rotatable bonds is 2. The summed E-state index contributed by atoms with van der Waals surface area (Å²) >= 11 is 6.26. The molecule has 0 saturated heterocycles. The summed E-state index contributed by atoms with van der Waals surface area (Å²) in [5.41, 5.74) is 2.87. The third kappa shape index (κ3) is 2.44. The Bertz CT molecular complexity index is 927. The van der Waals surface area contributed by atoms with E-state index in [4.69, 9.17) is 21.1 Å². The number of benzene rings is 1. The highest BCUT2D eigenvalue weighted by Crippen LogP contribution is 2.38. The minimum Gasteiger partial charge on any atom is -0.486 e. The molecule has 1 aromatic heterocycles. The predicted octanol–water partition coefficient (Wildman–Crippen LogP) is 2.68. The van der Waals surface area contributed by atoms with Gasteiger partial charge < -0.3 is 14.0 Å². The maximum Gasteiger partial charge on any atom is 0.269 e. The first kappa shape index (κ1) is 15.1. The first-order chi connectivity index (χ1) is 11.7. The molecule has 0 bridgehead atoms. The van der Waals surface area contributed by atoms with Gasteiger partial charge in [0.05, 0.1) is 11.6 Å². The summed E-state index contributed by atoms with van der Waals surface area (Å²) in [7, 11) is 0. The Morgan fingerprint density at radius 1 is 1.25 bits per heavy atom. The van der Waals surface area contributed by atoms with Crippen LogP contribution in [0.3, 0.4) is 0 Å². The van der Waals surface area contributed by atoms with E-state index in [9.17, 15) is 10.1 Å². The van der Waals surface area contributed by atoms with Crippen LogP contribution in [-0.2, 0) is 19.4 Å². The molecule has 2 heterocycles. The zero-order valence-corrected chi connectivity index (χ0v) is 13.7. The van der Waals surface area contributed by atoms with Crippen LogP contribution in [0, 0.1) is 11.3 Å². The molecule has 0 unspecified atom stereocenters. The van der Waals surface area contributed by atoms with E-state index in [0.717, 1.165) is 36.0 Å². The van der Waals surface area contributed by atoms with Crippen molar-refractivity contribution in [1.29, 1.82) is 5.26 Å². The molecule has 0 radical (unpaired) electrons. The Morgan fingerprint density at radius 2 is 2.08 bits per heavy atom. The fourth-order valence-corrected chi connectivity index (χ4v) is 3.69. The Morgan fingerprint density at radius 3 is 2.92 bits per heavy atom. The van der Waals surface area contributed by atoms with Gasteiger partial charge in [0.15, 0.2) is 11.5 Å². The van der Waals surface area contributed by atoms with Gasteiger partial charge in [-0.25, -0.2) is 0 Å². The monoisotopic (exact) mass is 342 g/mol. The van der Waals surface area contributed by atoms with Gasteiger partial charge in [-0.1, -0.05) is 11.6 Å². The van der Waals surface area contributed by atoms with Crippen LogP contribution < -0.4 is 15.0 Å². The van der Waals surface area contributed by atoms with E-state index < -0.39 is 0 Å². The van der Waals surface area contributed by atoms with E-state index in [1.165, 1.54) is 0 Å². The number of nitriles is 1. The third-order valence-corrected chi connectivity index (χ3v) is 4.75. The van der Waals surface area contributed by atoms with E-state index >= 15 is 0 Å². The SMILES string of the molecule is N#Cc1c2c(cn(Cc3cc(Cl)c4c(c3)OCCO4)c1=O)CCC2. The molecule has 0 saturated carbocycles. The summed E-state index contributed by atoms with van der Waals surface area (Å²) in [6, 6.07) is 5.70. The van der Waals surface area contributed by atoms with Gasteiger partial charge in [-0.2, -0.15) is 5.26 Å². The number of aryl methyl sites for hydroxylation is 1. The highest BCUT2D eigenvalue weighted by Gasteiger charge is 2.21. The summed E-state index contributed by atoms with van der Waals surface area (Å²) in [5.74, 6) is 1.14. The third-order valence-electron chi connectivity index (χ3n) is 4.47. The maximum absolute atomic E-state index is 12.6. The van der Waals surface area contributed by atoms with Crippen molar-refractivity contribution >= 4 is 11.6 Å². The van der Waals surface area contributed by atoms with Gasteiger partial charge in [0, 0.05) is 6.20 Å². The molecule has 5 nitrogen and oxygen atoms in total. The van der Waals surface area contributed by atoms with Gasteiger partial charge in [-0.15, -0.1) is 0 Å². The summed E-state index contributed by atoms with van der Waals surface area (Å²) in [6.45, 7) is 1.29. The molecule has 2 aromatic rings. The van der Waals surface area contributed by atoms with Gasteiger partial charge in [-0.05, 0) is 48.1 Å². The number of nitrogens with zero attached hydrogens (tertiary/aromatic N) is 2. The van der Waals surface area contributed by atoms with Crippen LogP contribution in [0.1, 0.15) is 28.7 Å². The van der Waals surface area contributed by atoms with Crippen molar-refractivity contribution in [3.8, 4) is 17.6 Å². The number of pyridine rings is 1. The van der Waals surface area contributed by atoms with Crippen molar-refractivity contribution < 1.29 is 9.47 Å². The first-order valence-corrected chi connectivity index (χ1v) is 8.28. The van der Waals surface area contributed by atoms with Crippen LogP contribution in [0.4, 0.5) is 0 Å². The molecule has 4 rings (SSSR count). The van der Waals surface area contributed by atoms with Crippen molar-refractivity contribution in [3.63, 3.8) is 0 Å². The molecule has 1 aliphatic carbocycles. The van der Waals surface area contributed by atoms with Gasteiger partial charge in [0.2, 0.25) is 0 Å². The zero-order valence-electron chi connectivity index (χ0n) is 13.0. The van der Waals surface area contributed by atoms with Crippen molar-refractivity contribution in [2.45, 2.75) is 25.8 Å². The highest BCUT2D eigenvalue weighted by molar-refractivity contribution is 6.32. The number of hydrogen-bond donors (Lipinski definition) is 0. The number of ether oxygens (including phenoxy) is 2. The number of aromatic nitrogens is 1. The summed E-state index contributed by atoms with van der Waals surface area (Å²) in [6.07, 6.45) is 4.58. The minimum atomic E-state index is -0.246. The molecule has 0 N–H and O–H groups in total. The Kier molecular flexibility index (Phi) is 3.70. The normalized spacial score (nSPS) is 15.0. The fourth-order valence-electron chi connectivity index (χ4n) is 3.40. The molecule has 0 fully saturated rings. The lowest BCUT2D eigenvalue weighted by Gasteiger charge is -2.20. The van der Waals surface area contributed by atoms with Crippen LogP contribution >= 0.6 is 11.6 Å². The molecule has 1 aromatic carbocycles. The molecular formula is C18H15ClN2O3. The maximum atomic E-state index is 12.6. The van der Waals surface area contributed by atoms with Gasteiger partial charge in [0.1, 0.15) is 24.8 Å². The van der Waals surface area contributed by atoms with Crippen molar-refractivity contribution in [2.24, 2.45) is 0 Å². The molecule has 2 aliphatic rings. The van der Waals surface area contributed by atoms with Gasteiger partial charge >= 0.3 is 0 Å². The molecule has 1 aliphatic heterocycles. The fraction of sp³-hybridized carbons (Fsp3) is 0.333. The molecule has 0 spiro atoms. The average molecular weight is 343 g/mol. The zero-order chi connectivity index (χ0) is 16.7. The smallest absolute Gasteiger partial charge is 0.269 e. The molecule has 6 heteroatoms. The predicted molar refractivity (Wildman–Crippen MR) is 89.0 cm³/mol. The standard InChI is InChI=1S/C18H15ClN2O3/c19-15-6-11(7-16-17(15)24-5-4-23-16)9-21-10-12-2-1-3-13(12)14(8-20)18(21)22/h6-7,10H,1-5,9H2. The van der Waals surface area contributed by atoms with Crippen molar-refractivity contribution in [1.82, 2.24) is 4.57 Å². The van der Waals surface area contributed by atoms with Crippen LogP contribution in [0.5, 0.6) is 11.5 Å². The molecule has 0 atom stereocenters. The van der Waals surface area contributed by atoms with Crippen LogP contribution in [0.15, 0.2) is 23.1 Å². The summed E-state index contributed by atoms with van der Waals surface area (Å²) in [4.78, 5) is 12.6. The number of hydrogen-bond acceptors (Lipinski definition) is 4. The van der Waals surface area contributed by atoms with E-state index in [1.807, 2.05) is 12.3 Å². The number of fused-ring (bicyclic) bond motifs is 2. The second-order valence-electron chi connectivity index (χ2n) is 6.01.